The third-order valence-electron chi connectivity index (χ3n) is 5.52. The fourth-order valence-corrected chi connectivity index (χ4v) is 4.51. The molecule has 0 amide bonds. The summed E-state index contributed by atoms with van der Waals surface area (Å²) in [6.07, 6.45) is 0.936. The highest BCUT2D eigenvalue weighted by atomic mass is 32.2. The van der Waals surface area contributed by atoms with E-state index >= 15 is 0 Å². The van der Waals surface area contributed by atoms with Gasteiger partial charge in [0.1, 0.15) is 12.3 Å². The van der Waals surface area contributed by atoms with E-state index in [2.05, 4.69) is 11.9 Å². The van der Waals surface area contributed by atoms with Crippen LogP contribution in [-0.2, 0) is 11.2 Å². The van der Waals surface area contributed by atoms with Gasteiger partial charge in [0.2, 0.25) is 5.75 Å². The number of rotatable bonds is 9. The van der Waals surface area contributed by atoms with Gasteiger partial charge in [0.25, 0.3) is 0 Å². The largest absolute Gasteiger partial charge is 0.493 e. The quantitative estimate of drug-likeness (QED) is 0.456. The zero-order valence-electron chi connectivity index (χ0n) is 18.6. The monoisotopic (exact) mass is 447 g/mol. The molecule has 1 heterocycles. The molecule has 8 heteroatoms. The summed E-state index contributed by atoms with van der Waals surface area (Å²) in [6.45, 7) is 4.21. The van der Waals surface area contributed by atoms with Gasteiger partial charge < -0.3 is 23.9 Å². The van der Waals surface area contributed by atoms with Crippen LogP contribution in [0.25, 0.3) is 0 Å². The molecule has 0 radical (unpaired) electrons. The maximum absolute atomic E-state index is 13.0. The first-order chi connectivity index (χ1) is 14.9. The summed E-state index contributed by atoms with van der Waals surface area (Å²) in [5, 5.41) is 0. The van der Waals surface area contributed by atoms with Gasteiger partial charge in [0, 0.05) is 23.4 Å². The molecule has 1 atom stereocenters. The Bertz CT molecular complexity index is 942. The van der Waals surface area contributed by atoms with Gasteiger partial charge in [-0.25, -0.2) is 4.79 Å². The summed E-state index contributed by atoms with van der Waals surface area (Å²) < 4.78 is 21.7. The number of hydrogen-bond donors (Lipinski definition) is 1. The molecule has 0 spiro atoms. The molecule has 0 aliphatic heterocycles. The number of Topliss-reactive ketones (excluding diaryl/α,β-unsaturated/α-hetero) is 1. The number of nitrogens with one attached hydrogen (secondary N) is 1. The van der Waals surface area contributed by atoms with Gasteiger partial charge in [0.05, 0.1) is 21.3 Å². The topological polar surface area (TPSA) is 86.9 Å². The minimum atomic E-state index is -0.416. The second-order valence-corrected chi connectivity index (χ2v) is 8.69. The van der Waals surface area contributed by atoms with Gasteiger partial charge in [-0.3, -0.25) is 4.79 Å². The van der Waals surface area contributed by atoms with Crippen LogP contribution in [0.5, 0.6) is 17.2 Å². The first-order valence-electron chi connectivity index (χ1n) is 10.2. The summed E-state index contributed by atoms with van der Waals surface area (Å²) >= 11 is 1.71. The number of benzene rings is 1. The lowest BCUT2D eigenvalue weighted by Gasteiger charge is -2.24. The predicted octanol–water partition coefficient (Wildman–Crippen LogP) is 4.17. The molecule has 0 fully saturated rings. The molecule has 1 aliphatic carbocycles. The number of aromatic amines is 1. The summed E-state index contributed by atoms with van der Waals surface area (Å²) in [7, 11) is 4.69. The average molecular weight is 448 g/mol. The van der Waals surface area contributed by atoms with Crippen LogP contribution in [0.4, 0.5) is 0 Å². The number of carbonyl (C=O) groups is 2. The number of methoxy groups -OCH3 is 3. The van der Waals surface area contributed by atoms with E-state index in [0.717, 1.165) is 22.8 Å². The zero-order valence-corrected chi connectivity index (χ0v) is 19.4. The Kier molecular flexibility index (Phi) is 7.54. The number of fused-ring (bicyclic) bond motifs is 1. The molecule has 1 aromatic carbocycles. The Morgan fingerprint density at radius 1 is 1.13 bits per heavy atom. The number of ether oxygens (including phenoxy) is 4. The minimum Gasteiger partial charge on any atom is -0.493 e. The Balaban J connectivity index is 1.87. The van der Waals surface area contributed by atoms with E-state index < -0.39 is 5.97 Å². The Morgan fingerprint density at radius 3 is 2.39 bits per heavy atom. The second-order valence-electron chi connectivity index (χ2n) is 7.30. The smallest absolute Gasteiger partial charge is 0.355 e. The van der Waals surface area contributed by atoms with Crippen LogP contribution >= 0.6 is 11.8 Å². The first kappa shape index (κ1) is 23.1. The van der Waals surface area contributed by atoms with Crippen LogP contribution in [-0.4, -0.2) is 56.2 Å². The highest BCUT2D eigenvalue weighted by Gasteiger charge is 2.33. The van der Waals surface area contributed by atoms with Crippen molar-refractivity contribution in [2.75, 3.05) is 39.4 Å². The maximum Gasteiger partial charge on any atom is 0.355 e. The van der Waals surface area contributed by atoms with Crippen LogP contribution in [0.1, 0.15) is 56.9 Å². The molecule has 168 valence electrons. The molecule has 1 aromatic heterocycles. The number of hydrogen-bond acceptors (Lipinski definition) is 7. The van der Waals surface area contributed by atoms with E-state index in [0.29, 0.717) is 53.5 Å². The fourth-order valence-electron chi connectivity index (χ4n) is 4.02. The van der Waals surface area contributed by atoms with Crippen LogP contribution in [0, 0.1) is 6.92 Å². The van der Waals surface area contributed by atoms with Gasteiger partial charge in [0.15, 0.2) is 17.3 Å². The molecule has 31 heavy (non-hydrogen) atoms. The SMILES string of the molecule is CCSCCOC(=O)c1[nH]c2c(c1C)C(=O)C[C@H](c1cc(OC)c(OC)c(OC)c1)C2. The lowest BCUT2D eigenvalue weighted by molar-refractivity contribution is 0.0523. The standard InChI is InChI=1S/C23H29NO6S/c1-6-31-8-7-30-23(26)21-13(2)20-16(24-21)9-14(10-17(20)25)15-11-18(27-3)22(29-5)19(12-15)28-4/h11-12,14,24H,6-10H2,1-5H3/t14-/m1/s1. The highest BCUT2D eigenvalue weighted by molar-refractivity contribution is 7.99. The van der Waals surface area contributed by atoms with Gasteiger partial charge in [-0.2, -0.15) is 11.8 Å². The summed E-state index contributed by atoms with van der Waals surface area (Å²) in [4.78, 5) is 28.7. The van der Waals surface area contributed by atoms with Crippen molar-refractivity contribution in [2.45, 2.75) is 32.6 Å². The Labute approximate surface area is 186 Å². The van der Waals surface area contributed by atoms with Crippen molar-refractivity contribution in [1.29, 1.82) is 0 Å². The third-order valence-corrected chi connectivity index (χ3v) is 6.38. The van der Waals surface area contributed by atoms with E-state index in [-0.39, 0.29) is 11.7 Å². The number of ketones is 1. The van der Waals surface area contributed by atoms with Crippen molar-refractivity contribution >= 4 is 23.5 Å². The van der Waals surface area contributed by atoms with Gasteiger partial charge in [-0.05, 0) is 48.3 Å². The molecule has 7 nitrogen and oxygen atoms in total. The number of thioether (sulfide) groups is 1. The molecular weight excluding hydrogens is 418 g/mol. The normalized spacial score (nSPS) is 15.4. The lowest BCUT2D eigenvalue weighted by Crippen LogP contribution is -2.19. The molecular formula is C23H29NO6S. The second kappa shape index (κ2) is 10.1. The number of aromatic nitrogens is 1. The van der Waals surface area contributed by atoms with Crippen LogP contribution in [0.2, 0.25) is 0 Å². The summed E-state index contributed by atoms with van der Waals surface area (Å²) in [5.41, 5.74) is 3.32. The molecule has 1 N–H and O–H groups in total. The molecule has 0 bridgehead atoms. The van der Waals surface area contributed by atoms with Crippen LogP contribution in [0.3, 0.4) is 0 Å². The highest BCUT2D eigenvalue weighted by Crippen LogP contribution is 2.43. The van der Waals surface area contributed by atoms with Crippen LogP contribution < -0.4 is 14.2 Å². The van der Waals surface area contributed by atoms with E-state index in [9.17, 15) is 9.59 Å². The van der Waals surface area contributed by atoms with Crippen molar-refractivity contribution in [2.24, 2.45) is 0 Å². The van der Waals surface area contributed by atoms with E-state index in [1.165, 1.54) is 0 Å². The van der Waals surface area contributed by atoms with Gasteiger partial charge in [-0.15, -0.1) is 0 Å². The molecule has 0 saturated carbocycles. The minimum absolute atomic E-state index is 0.00865. The van der Waals surface area contributed by atoms with E-state index in [4.69, 9.17) is 18.9 Å². The zero-order chi connectivity index (χ0) is 22.5. The van der Waals surface area contributed by atoms with E-state index in [1.54, 1.807) is 40.0 Å². The molecule has 1 aliphatic rings. The molecule has 0 saturated heterocycles. The first-order valence-corrected chi connectivity index (χ1v) is 11.4. The number of H-pyrrole nitrogens is 1. The van der Waals surface area contributed by atoms with Crippen molar-refractivity contribution in [3.05, 3.63) is 40.2 Å². The molecule has 3 rings (SSSR count). The summed E-state index contributed by atoms with van der Waals surface area (Å²) in [5.74, 6) is 2.86. The van der Waals surface area contributed by atoms with Gasteiger partial charge in [-0.1, -0.05) is 6.92 Å². The Morgan fingerprint density at radius 2 is 1.81 bits per heavy atom. The lowest BCUT2D eigenvalue weighted by atomic mass is 9.81. The summed E-state index contributed by atoms with van der Waals surface area (Å²) in [6, 6.07) is 3.75. The van der Waals surface area contributed by atoms with Crippen molar-refractivity contribution in [3.63, 3.8) is 0 Å². The van der Waals surface area contributed by atoms with Crippen molar-refractivity contribution in [3.8, 4) is 17.2 Å². The van der Waals surface area contributed by atoms with Crippen molar-refractivity contribution in [1.82, 2.24) is 4.98 Å². The number of carbonyl (C=O) groups excluding carboxylic acids is 2. The maximum atomic E-state index is 13.0. The Hall–Kier alpha value is -2.61. The fraction of sp³-hybridized carbons (Fsp3) is 0.478. The van der Waals surface area contributed by atoms with Crippen LogP contribution in [0.15, 0.2) is 12.1 Å². The third kappa shape index (κ3) is 4.69. The van der Waals surface area contributed by atoms with E-state index in [1.807, 2.05) is 12.1 Å². The van der Waals surface area contributed by atoms with Gasteiger partial charge >= 0.3 is 5.97 Å². The molecule has 2 aromatic rings. The van der Waals surface area contributed by atoms with Crippen molar-refractivity contribution < 1.29 is 28.5 Å². The number of esters is 1. The predicted molar refractivity (Wildman–Crippen MR) is 120 cm³/mol. The average Bonchev–Trinajstić information content (AvgIpc) is 3.12. The molecule has 0 unspecified atom stereocenters.